The fourth-order valence-corrected chi connectivity index (χ4v) is 1.17. The molecule has 0 aliphatic heterocycles. The van der Waals surface area contributed by atoms with Gasteiger partial charge < -0.3 is 0 Å². The summed E-state index contributed by atoms with van der Waals surface area (Å²) in [4.78, 5) is 0. The van der Waals surface area contributed by atoms with Crippen LogP contribution >= 0.6 is 15.9 Å². The molecule has 13 heavy (non-hydrogen) atoms. The van der Waals surface area contributed by atoms with E-state index in [0.29, 0.717) is 4.47 Å². The van der Waals surface area contributed by atoms with Crippen molar-refractivity contribution in [2.45, 2.75) is 6.18 Å². The second kappa shape index (κ2) is 3.43. The number of halogens is 4. The van der Waals surface area contributed by atoms with Crippen LogP contribution in [0.4, 0.5) is 13.2 Å². The largest absolute Gasteiger partial charge is 0.416 e. The van der Waals surface area contributed by atoms with E-state index in [1.807, 2.05) is 0 Å². The molecule has 0 nitrogen and oxygen atoms in total. The third kappa shape index (κ3) is 2.25. The third-order valence-corrected chi connectivity index (χ3v) is 2.14. The molecule has 4 heteroatoms. The lowest BCUT2D eigenvalue weighted by Gasteiger charge is -2.07. The molecule has 0 spiro atoms. The highest BCUT2D eigenvalue weighted by Gasteiger charge is 2.30. The number of rotatable bonds is 0. The first-order valence-electron chi connectivity index (χ1n) is 3.28. The van der Waals surface area contributed by atoms with Gasteiger partial charge in [-0.05, 0) is 34.1 Å². The van der Waals surface area contributed by atoms with Crippen LogP contribution in [0.25, 0.3) is 0 Å². The van der Waals surface area contributed by atoms with Crippen molar-refractivity contribution in [2.75, 3.05) is 0 Å². The molecular formula is C9H4BrF3. The zero-order valence-electron chi connectivity index (χ0n) is 6.32. The van der Waals surface area contributed by atoms with Gasteiger partial charge in [0.2, 0.25) is 0 Å². The smallest absolute Gasteiger partial charge is 0.166 e. The number of terminal acetylenes is 1. The first-order chi connectivity index (χ1) is 5.95. The first kappa shape index (κ1) is 10.1. The minimum atomic E-state index is -4.34. The van der Waals surface area contributed by atoms with Gasteiger partial charge in [0.05, 0.1) is 5.56 Å². The zero-order valence-corrected chi connectivity index (χ0v) is 7.91. The van der Waals surface area contributed by atoms with Gasteiger partial charge in [0.1, 0.15) is 0 Å². The molecule has 0 saturated heterocycles. The number of hydrogen-bond donors (Lipinski definition) is 0. The maximum absolute atomic E-state index is 12.2. The molecule has 0 atom stereocenters. The molecule has 1 rings (SSSR count). The molecule has 0 fully saturated rings. The van der Waals surface area contributed by atoms with Crippen molar-refractivity contribution in [2.24, 2.45) is 0 Å². The Labute approximate surface area is 81.9 Å². The standard InChI is InChI=1S/C9H4BrF3/c1-2-6-5-7(9(11,12)13)3-4-8(6)10/h1,3-5H. The van der Waals surface area contributed by atoms with E-state index in [4.69, 9.17) is 6.42 Å². The number of alkyl halides is 3. The van der Waals surface area contributed by atoms with Crippen LogP contribution in [-0.4, -0.2) is 0 Å². The van der Waals surface area contributed by atoms with Crippen molar-refractivity contribution in [3.05, 3.63) is 33.8 Å². The lowest BCUT2D eigenvalue weighted by molar-refractivity contribution is -0.137. The monoisotopic (exact) mass is 248 g/mol. The summed E-state index contributed by atoms with van der Waals surface area (Å²) in [6.07, 6.45) is 0.675. The third-order valence-electron chi connectivity index (χ3n) is 1.45. The molecule has 0 heterocycles. The summed E-state index contributed by atoms with van der Waals surface area (Å²) in [6.45, 7) is 0. The molecule has 68 valence electrons. The van der Waals surface area contributed by atoms with Crippen molar-refractivity contribution >= 4 is 15.9 Å². The van der Waals surface area contributed by atoms with E-state index in [9.17, 15) is 13.2 Å². The molecule has 1 aromatic rings. The molecule has 1 aromatic carbocycles. The summed E-state index contributed by atoms with van der Waals surface area (Å²) >= 11 is 3.05. The van der Waals surface area contributed by atoms with E-state index in [1.54, 1.807) is 0 Å². The fourth-order valence-electron chi connectivity index (χ4n) is 0.812. The van der Waals surface area contributed by atoms with Gasteiger partial charge >= 0.3 is 6.18 Å². The van der Waals surface area contributed by atoms with Crippen molar-refractivity contribution in [3.8, 4) is 12.3 Å². The molecular weight excluding hydrogens is 245 g/mol. The van der Waals surface area contributed by atoms with Crippen LogP contribution in [0, 0.1) is 12.3 Å². The SMILES string of the molecule is C#Cc1cc(C(F)(F)F)ccc1Br. The van der Waals surface area contributed by atoms with Gasteiger partial charge in [-0.3, -0.25) is 0 Å². The highest BCUT2D eigenvalue weighted by molar-refractivity contribution is 9.10. The van der Waals surface area contributed by atoms with E-state index >= 15 is 0 Å². The Kier molecular flexibility index (Phi) is 2.67. The van der Waals surface area contributed by atoms with Gasteiger partial charge in [0.15, 0.2) is 0 Å². The second-order valence-electron chi connectivity index (χ2n) is 2.34. The normalized spacial score (nSPS) is 11.0. The van der Waals surface area contributed by atoms with Crippen LogP contribution in [0.15, 0.2) is 22.7 Å². The highest BCUT2D eigenvalue weighted by atomic mass is 79.9. The maximum atomic E-state index is 12.2. The second-order valence-corrected chi connectivity index (χ2v) is 3.19. The van der Waals surface area contributed by atoms with Crippen molar-refractivity contribution in [1.82, 2.24) is 0 Å². The minimum Gasteiger partial charge on any atom is -0.166 e. The van der Waals surface area contributed by atoms with Crippen LogP contribution in [0.2, 0.25) is 0 Å². The lowest BCUT2D eigenvalue weighted by Crippen LogP contribution is -2.04. The van der Waals surface area contributed by atoms with E-state index < -0.39 is 11.7 Å². The van der Waals surface area contributed by atoms with Gasteiger partial charge in [-0.25, -0.2) is 0 Å². The van der Waals surface area contributed by atoms with Gasteiger partial charge in [-0.15, -0.1) is 6.42 Å². The molecule has 0 N–H and O–H groups in total. The Morgan fingerprint density at radius 2 is 1.92 bits per heavy atom. The molecule has 0 unspecified atom stereocenters. The zero-order chi connectivity index (χ0) is 10.1. The maximum Gasteiger partial charge on any atom is 0.416 e. The Morgan fingerprint density at radius 3 is 2.38 bits per heavy atom. The van der Waals surface area contributed by atoms with E-state index in [-0.39, 0.29) is 5.56 Å². The summed E-state index contributed by atoms with van der Waals surface area (Å²) in [5.74, 6) is 2.16. The summed E-state index contributed by atoms with van der Waals surface area (Å²) in [6, 6.07) is 3.20. The summed E-state index contributed by atoms with van der Waals surface area (Å²) in [5.41, 5.74) is -0.529. The summed E-state index contributed by atoms with van der Waals surface area (Å²) < 4.78 is 36.9. The lowest BCUT2D eigenvalue weighted by atomic mass is 10.1. The van der Waals surface area contributed by atoms with Crippen LogP contribution in [0.1, 0.15) is 11.1 Å². The van der Waals surface area contributed by atoms with Gasteiger partial charge in [0.25, 0.3) is 0 Å². The van der Waals surface area contributed by atoms with Crippen molar-refractivity contribution in [3.63, 3.8) is 0 Å². The molecule has 0 aromatic heterocycles. The first-order valence-corrected chi connectivity index (χ1v) is 4.08. The summed E-state index contributed by atoms with van der Waals surface area (Å²) in [5, 5.41) is 0. The van der Waals surface area contributed by atoms with E-state index in [0.717, 1.165) is 12.1 Å². The van der Waals surface area contributed by atoms with Crippen LogP contribution < -0.4 is 0 Å². The predicted octanol–water partition coefficient (Wildman–Crippen LogP) is 3.45. The quantitative estimate of drug-likeness (QED) is 0.618. The average molecular weight is 249 g/mol. The van der Waals surface area contributed by atoms with Crippen LogP contribution in [0.3, 0.4) is 0 Å². The summed E-state index contributed by atoms with van der Waals surface area (Å²) in [7, 11) is 0. The topological polar surface area (TPSA) is 0 Å². The molecule has 0 saturated carbocycles. The fraction of sp³-hybridized carbons (Fsp3) is 0.111. The average Bonchev–Trinajstić information content (AvgIpc) is 2.03. The Bertz CT molecular complexity index is 360. The molecule has 0 radical (unpaired) electrons. The Balaban J connectivity index is 3.24. The van der Waals surface area contributed by atoms with E-state index in [1.165, 1.54) is 6.07 Å². The Hall–Kier alpha value is -0.950. The van der Waals surface area contributed by atoms with Crippen LogP contribution in [0.5, 0.6) is 0 Å². The number of benzene rings is 1. The van der Waals surface area contributed by atoms with Crippen molar-refractivity contribution < 1.29 is 13.2 Å². The van der Waals surface area contributed by atoms with Gasteiger partial charge in [-0.2, -0.15) is 13.2 Å². The van der Waals surface area contributed by atoms with Gasteiger partial charge in [0, 0.05) is 10.0 Å². The molecule has 0 amide bonds. The number of hydrogen-bond acceptors (Lipinski definition) is 0. The van der Waals surface area contributed by atoms with E-state index in [2.05, 4.69) is 21.9 Å². The molecule has 0 aliphatic rings. The minimum absolute atomic E-state index is 0.204. The predicted molar refractivity (Wildman–Crippen MR) is 47.1 cm³/mol. The Morgan fingerprint density at radius 1 is 1.31 bits per heavy atom. The highest BCUT2D eigenvalue weighted by Crippen LogP contribution is 2.31. The molecule has 0 bridgehead atoms. The van der Waals surface area contributed by atoms with Gasteiger partial charge in [-0.1, -0.05) is 5.92 Å². The molecule has 0 aliphatic carbocycles. The van der Waals surface area contributed by atoms with Crippen LogP contribution in [-0.2, 0) is 6.18 Å². The van der Waals surface area contributed by atoms with Crippen molar-refractivity contribution in [1.29, 1.82) is 0 Å².